The van der Waals surface area contributed by atoms with E-state index in [0.29, 0.717) is 5.69 Å². The average Bonchev–Trinajstić information content (AvgIpc) is 2.37. The number of para-hydroxylation sites is 1. The Bertz CT molecular complexity index is 558. The van der Waals surface area contributed by atoms with Gasteiger partial charge >= 0.3 is 0 Å². The summed E-state index contributed by atoms with van der Waals surface area (Å²) in [6, 6.07) is 15.8. The zero-order valence-electron chi connectivity index (χ0n) is 10.9. The molecule has 0 saturated heterocycles. The standard InChI is InChI=1S/C17H19NO/c18-16-7-2-1-6-15(16)17(19)14-10-8-13(9-11-14)12-4-3-5-12/h1-2,6-12,17,19H,3-5,18H2. The number of hydrogen-bond donors (Lipinski definition) is 2. The Morgan fingerprint density at radius 2 is 1.68 bits per heavy atom. The molecular weight excluding hydrogens is 234 g/mol. The monoisotopic (exact) mass is 253 g/mol. The average molecular weight is 253 g/mol. The summed E-state index contributed by atoms with van der Waals surface area (Å²) in [6.45, 7) is 0. The maximum atomic E-state index is 10.4. The van der Waals surface area contributed by atoms with E-state index >= 15 is 0 Å². The molecule has 0 radical (unpaired) electrons. The van der Waals surface area contributed by atoms with Crippen molar-refractivity contribution < 1.29 is 5.11 Å². The van der Waals surface area contributed by atoms with Crippen LogP contribution in [0.3, 0.4) is 0 Å². The Morgan fingerprint density at radius 3 is 2.26 bits per heavy atom. The van der Waals surface area contributed by atoms with Gasteiger partial charge in [-0.1, -0.05) is 48.9 Å². The molecule has 0 heterocycles. The first-order chi connectivity index (χ1) is 9.25. The van der Waals surface area contributed by atoms with E-state index in [1.54, 1.807) is 0 Å². The zero-order valence-corrected chi connectivity index (χ0v) is 10.9. The normalized spacial score (nSPS) is 16.9. The van der Waals surface area contributed by atoms with E-state index in [4.69, 9.17) is 5.73 Å². The van der Waals surface area contributed by atoms with Crippen LogP contribution in [0.1, 0.15) is 48.0 Å². The van der Waals surface area contributed by atoms with Gasteiger partial charge in [-0.05, 0) is 36.0 Å². The van der Waals surface area contributed by atoms with Gasteiger partial charge in [0.1, 0.15) is 6.10 Å². The Balaban J connectivity index is 1.83. The molecule has 3 N–H and O–H groups in total. The fourth-order valence-corrected chi connectivity index (χ4v) is 2.63. The van der Waals surface area contributed by atoms with E-state index in [2.05, 4.69) is 12.1 Å². The van der Waals surface area contributed by atoms with E-state index in [-0.39, 0.29) is 0 Å². The number of nitrogens with two attached hydrogens (primary N) is 1. The summed E-state index contributed by atoms with van der Waals surface area (Å²) in [7, 11) is 0. The maximum absolute atomic E-state index is 10.4. The van der Waals surface area contributed by atoms with Gasteiger partial charge in [0.25, 0.3) is 0 Å². The Morgan fingerprint density at radius 1 is 1.00 bits per heavy atom. The lowest BCUT2D eigenvalue weighted by Crippen LogP contribution is -2.09. The Labute approximate surface area is 113 Å². The molecule has 1 fully saturated rings. The minimum absolute atomic E-state index is 0.637. The molecule has 1 atom stereocenters. The van der Waals surface area contributed by atoms with Crippen molar-refractivity contribution >= 4 is 5.69 Å². The second kappa shape index (κ2) is 5.06. The first kappa shape index (κ1) is 12.2. The van der Waals surface area contributed by atoms with Crippen LogP contribution in [0.2, 0.25) is 0 Å². The van der Waals surface area contributed by atoms with Crippen molar-refractivity contribution in [2.75, 3.05) is 5.73 Å². The molecular formula is C17H19NO. The Hall–Kier alpha value is -1.80. The van der Waals surface area contributed by atoms with Gasteiger partial charge in [0.05, 0.1) is 0 Å². The third-order valence-electron chi connectivity index (χ3n) is 4.12. The van der Waals surface area contributed by atoms with Crippen LogP contribution in [0, 0.1) is 0 Å². The van der Waals surface area contributed by atoms with Crippen molar-refractivity contribution in [2.45, 2.75) is 31.3 Å². The number of rotatable bonds is 3. The molecule has 1 aliphatic rings. The van der Waals surface area contributed by atoms with Crippen LogP contribution in [0.15, 0.2) is 48.5 Å². The number of aliphatic hydroxyl groups excluding tert-OH is 1. The van der Waals surface area contributed by atoms with Crippen LogP contribution in [0.25, 0.3) is 0 Å². The summed E-state index contributed by atoms with van der Waals surface area (Å²) < 4.78 is 0. The van der Waals surface area contributed by atoms with Crippen LogP contribution in [-0.4, -0.2) is 5.11 Å². The summed E-state index contributed by atoms with van der Waals surface area (Å²) in [5.41, 5.74) is 9.62. The summed E-state index contributed by atoms with van der Waals surface area (Å²) in [4.78, 5) is 0. The molecule has 0 aliphatic heterocycles. The number of nitrogen functional groups attached to an aromatic ring is 1. The molecule has 1 unspecified atom stereocenters. The van der Waals surface area contributed by atoms with E-state index in [1.807, 2.05) is 36.4 Å². The van der Waals surface area contributed by atoms with Gasteiger partial charge in [-0.3, -0.25) is 0 Å². The van der Waals surface area contributed by atoms with Gasteiger partial charge in [0.15, 0.2) is 0 Å². The maximum Gasteiger partial charge on any atom is 0.106 e. The van der Waals surface area contributed by atoms with Crippen molar-refractivity contribution in [3.63, 3.8) is 0 Å². The number of hydrogen-bond acceptors (Lipinski definition) is 2. The molecule has 19 heavy (non-hydrogen) atoms. The summed E-state index contributed by atoms with van der Waals surface area (Å²) >= 11 is 0. The zero-order chi connectivity index (χ0) is 13.2. The molecule has 2 aromatic carbocycles. The summed E-state index contributed by atoms with van der Waals surface area (Å²) in [5, 5.41) is 10.4. The second-order valence-electron chi connectivity index (χ2n) is 5.33. The van der Waals surface area contributed by atoms with Gasteiger partial charge in [0, 0.05) is 11.3 Å². The molecule has 98 valence electrons. The lowest BCUT2D eigenvalue weighted by Gasteiger charge is -2.26. The van der Waals surface area contributed by atoms with Crippen LogP contribution in [0.4, 0.5) is 5.69 Å². The second-order valence-corrected chi connectivity index (χ2v) is 5.33. The topological polar surface area (TPSA) is 46.2 Å². The molecule has 2 aromatic rings. The van der Waals surface area contributed by atoms with Crippen molar-refractivity contribution in [3.05, 3.63) is 65.2 Å². The lowest BCUT2D eigenvalue weighted by molar-refractivity contribution is 0.221. The predicted octanol–water partition coefficient (Wildman–Crippen LogP) is 3.62. The van der Waals surface area contributed by atoms with Gasteiger partial charge in [-0.15, -0.1) is 0 Å². The molecule has 0 aromatic heterocycles. The predicted molar refractivity (Wildman–Crippen MR) is 78.0 cm³/mol. The molecule has 2 nitrogen and oxygen atoms in total. The molecule has 1 aliphatic carbocycles. The third kappa shape index (κ3) is 2.36. The largest absolute Gasteiger partial charge is 0.398 e. The van der Waals surface area contributed by atoms with Crippen molar-refractivity contribution in [1.29, 1.82) is 0 Å². The van der Waals surface area contributed by atoms with E-state index < -0.39 is 6.10 Å². The number of benzene rings is 2. The summed E-state index contributed by atoms with van der Waals surface area (Å²) in [5.74, 6) is 0.730. The van der Waals surface area contributed by atoms with Gasteiger partial charge in [-0.25, -0.2) is 0 Å². The molecule has 3 rings (SSSR count). The van der Waals surface area contributed by atoms with E-state index in [9.17, 15) is 5.11 Å². The van der Waals surface area contributed by atoms with Crippen LogP contribution < -0.4 is 5.73 Å². The quantitative estimate of drug-likeness (QED) is 0.821. The molecule has 0 spiro atoms. The van der Waals surface area contributed by atoms with Gasteiger partial charge < -0.3 is 10.8 Å². The van der Waals surface area contributed by atoms with Crippen molar-refractivity contribution in [1.82, 2.24) is 0 Å². The molecule has 1 saturated carbocycles. The highest BCUT2D eigenvalue weighted by Gasteiger charge is 2.20. The first-order valence-electron chi connectivity index (χ1n) is 6.88. The first-order valence-corrected chi connectivity index (χ1v) is 6.88. The van der Waals surface area contributed by atoms with Crippen LogP contribution in [-0.2, 0) is 0 Å². The van der Waals surface area contributed by atoms with E-state index in [1.165, 1.54) is 24.8 Å². The molecule has 0 amide bonds. The minimum atomic E-state index is -0.642. The highest BCUT2D eigenvalue weighted by atomic mass is 16.3. The third-order valence-corrected chi connectivity index (χ3v) is 4.12. The lowest BCUT2D eigenvalue weighted by atomic mass is 9.80. The van der Waals surface area contributed by atoms with Crippen molar-refractivity contribution in [2.24, 2.45) is 0 Å². The van der Waals surface area contributed by atoms with Crippen molar-refractivity contribution in [3.8, 4) is 0 Å². The molecule has 2 heteroatoms. The minimum Gasteiger partial charge on any atom is -0.398 e. The highest BCUT2D eigenvalue weighted by molar-refractivity contribution is 5.50. The smallest absolute Gasteiger partial charge is 0.106 e. The number of anilines is 1. The Kier molecular flexibility index (Phi) is 3.26. The van der Waals surface area contributed by atoms with Crippen LogP contribution in [0.5, 0.6) is 0 Å². The SMILES string of the molecule is Nc1ccccc1C(O)c1ccc(C2CCC2)cc1. The van der Waals surface area contributed by atoms with E-state index in [0.717, 1.165) is 17.0 Å². The number of aliphatic hydroxyl groups is 1. The van der Waals surface area contributed by atoms with Crippen LogP contribution >= 0.6 is 0 Å². The summed E-state index contributed by atoms with van der Waals surface area (Å²) in [6.07, 6.45) is 3.30. The van der Waals surface area contributed by atoms with Gasteiger partial charge in [0.2, 0.25) is 0 Å². The molecule has 0 bridgehead atoms. The fraction of sp³-hybridized carbons (Fsp3) is 0.294. The van der Waals surface area contributed by atoms with Gasteiger partial charge in [-0.2, -0.15) is 0 Å². The highest BCUT2D eigenvalue weighted by Crippen LogP contribution is 2.37. The fourth-order valence-electron chi connectivity index (χ4n) is 2.63.